The Morgan fingerprint density at radius 2 is 2.04 bits per heavy atom. The first-order chi connectivity index (χ1) is 12.7. The lowest BCUT2D eigenvalue weighted by Crippen LogP contribution is -2.35. The number of alkyl halides is 2. The summed E-state index contributed by atoms with van der Waals surface area (Å²) >= 11 is 6.32. The Morgan fingerprint density at radius 3 is 2.67 bits per heavy atom. The average molecular weight is 397 g/mol. The number of anilines is 1. The van der Waals surface area contributed by atoms with Crippen molar-refractivity contribution in [1.29, 1.82) is 0 Å². The number of hydrogen-bond acceptors (Lipinski definition) is 4. The number of carboxylic acids is 1. The van der Waals surface area contributed by atoms with E-state index in [0.717, 1.165) is 11.6 Å². The molecule has 0 saturated heterocycles. The molecule has 144 valence electrons. The highest BCUT2D eigenvalue weighted by Gasteiger charge is 2.43. The molecule has 1 heterocycles. The molecular weight excluding hydrogens is 378 g/mol. The number of hydrazine groups is 1. The van der Waals surface area contributed by atoms with Crippen LogP contribution in [0.15, 0.2) is 36.4 Å². The monoisotopic (exact) mass is 396 g/mol. The maximum Gasteiger partial charge on any atom is 0.379 e. The molecule has 5 nitrogen and oxygen atoms in total. The molecule has 0 amide bonds. The molecule has 2 aromatic rings. The Hall–Kier alpha value is -2.38. The first-order valence-corrected chi connectivity index (χ1v) is 8.63. The molecule has 0 radical (unpaired) electrons. The summed E-state index contributed by atoms with van der Waals surface area (Å²) in [6.07, 6.45) is 0. The van der Waals surface area contributed by atoms with E-state index in [2.05, 4.69) is 0 Å². The number of ether oxygens (including phenoxy) is 1. The van der Waals surface area contributed by atoms with Crippen LogP contribution in [0.4, 0.5) is 14.5 Å². The molecular formula is C19H19ClF2N2O3. The third kappa shape index (κ3) is 3.21. The number of methoxy groups -OCH3 is 1. The second kappa shape index (κ2) is 6.98. The number of fused-ring (bicyclic) bond motifs is 1. The molecule has 0 aliphatic carbocycles. The summed E-state index contributed by atoms with van der Waals surface area (Å²) in [6, 6.07) is 9.14. The zero-order valence-electron chi connectivity index (χ0n) is 15.0. The molecule has 0 aromatic heterocycles. The molecule has 0 saturated carbocycles. The van der Waals surface area contributed by atoms with Crippen LogP contribution in [0.25, 0.3) is 0 Å². The van der Waals surface area contributed by atoms with Gasteiger partial charge in [0.15, 0.2) is 0 Å². The van der Waals surface area contributed by atoms with Gasteiger partial charge in [-0.1, -0.05) is 29.8 Å². The third-order valence-electron chi connectivity index (χ3n) is 4.93. The van der Waals surface area contributed by atoms with Crippen molar-refractivity contribution in [1.82, 2.24) is 5.01 Å². The molecule has 0 fully saturated rings. The van der Waals surface area contributed by atoms with Crippen LogP contribution in [-0.2, 0) is 17.3 Å². The van der Waals surface area contributed by atoms with E-state index in [1.807, 2.05) is 19.0 Å². The van der Waals surface area contributed by atoms with E-state index < -0.39 is 17.5 Å². The van der Waals surface area contributed by atoms with Gasteiger partial charge in [-0.15, -0.1) is 0 Å². The van der Waals surface area contributed by atoms with Crippen molar-refractivity contribution in [3.8, 4) is 5.75 Å². The first-order valence-electron chi connectivity index (χ1n) is 8.25. The van der Waals surface area contributed by atoms with Gasteiger partial charge in [0.2, 0.25) is 0 Å². The minimum absolute atomic E-state index is 0.0685. The van der Waals surface area contributed by atoms with Crippen LogP contribution in [0.1, 0.15) is 29.7 Å². The van der Waals surface area contributed by atoms with Gasteiger partial charge in [-0.05, 0) is 30.7 Å². The summed E-state index contributed by atoms with van der Waals surface area (Å²) < 4.78 is 33.4. The third-order valence-corrected chi connectivity index (χ3v) is 5.29. The standard InChI is InChI=1S/C19H19ClF2N2O3/c1-11-13-8-7-12(19(21,22)18(25)26)9-16(13)24(23(11)2)10-14-15(20)5-4-6-17(14)27-3/h4-9,11H,10H2,1-3H3,(H,25,26). The van der Waals surface area contributed by atoms with Gasteiger partial charge >= 0.3 is 11.9 Å². The van der Waals surface area contributed by atoms with Crippen molar-refractivity contribution >= 4 is 23.3 Å². The smallest absolute Gasteiger partial charge is 0.379 e. The van der Waals surface area contributed by atoms with Crippen molar-refractivity contribution in [2.45, 2.75) is 25.4 Å². The van der Waals surface area contributed by atoms with Crippen molar-refractivity contribution in [3.63, 3.8) is 0 Å². The van der Waals surface area contributed by atoms with Gasteiger partial charge in [-0.3, -0.25) is 0 Å². The van der Waals surface area contributed by atoms with E-state index in [1.54, 1.807) is 29.3 Å². The molecule has 3 rings (SSSR count). The lowest BCUT2D eigenvalue weighted by molar-refractivity contribution is -0.166. The Labute approximate surface area is 160 Å². The molecule has 1 N–H and O–H groups in total. The minimum atomic E-state index is -3.97. The predicted octanol–water partition coefficient (Wildman–Crippen LogP) is 4.45. The van der Waals surface area contributed by atoms with Gasteiger partial charge in [0, 0.05) is 23.2 Å². The molecule has 1 atom stereocenters. The highest BCUT2D eigenvalue weighted by atomic mass is 35.5. The zero-order valence-corrected chi connectivity index (χ0v) is 15.8. The molecule has 2 aromatic carbocycles. The number of rotatable bonds is 5. The van der Waals surface area contributed by atoms with Crippen LogP contribution in [0.5, 0.6) is 5.75 Å². The van der Waals surface area contributed by atoms with E-state index in [4.69, 9.17) is 21.4 Å². The number of nitrogens with zero attached hydrogens (tertiary/aromatic N) is 2. The number of carbonyl (C=O) groups is 1. The molecule has 8 heteroatoms. The lowest BCUT2D eigenvalue weighted by Gasteiger charge is -2.30. The fourth-order valence-electron chi connectivity index (χ4n) is 3.25. The summed E-state index contributed by atoms with van der Waals surface area (Å²) in [5.41, 5.74) is 1.50. The van der Waals surface area contributed by atoms with Crippen LogP contribution in [0, 0.1) is 0 Å². The van der Waals surface area contributed by atoms with Crippen LogP contribution in [-0.4, -0.2) is 30.2 Å². The fraction of sp³-hybridized carbons (Fsp3) is 0.316. The van der Waals surface area contributed by atoms with E-state index in [1.165, 1.54) is 13.2 Å². The van der Waals surface area contributed by atoms with Gasteiger partial charge < -0.3 is 14.9 Å². The van der Waals surface area contributed by atoms with Crippen LogP contribution in [0.2, 0.25) is 5.02 Å². The van der Waals surface area contributed by atoms with Gasteiger partial charge in [0.1, 0.15) is 5.75 Å². The van der Waals surface area contributed by atoms with Crippen LogP contribution >= 0.6 is 11.6 Å². The molecule has 1 aliphatic heterocycles. The van der Waals surface area contributed by atoms with Crippen molar-refractivity contribution in [3.05, 3.63) is 58.1 Å². The van der Waals surface area contributed by atoms with Crippen LogP contribution < -0.4 is 9.75 Å². The first kappa shape index (κ1) is 19.4. The average Bonchev–Trinajstić information content (AvgIpc) is 2.87. The molecule has 1 aliphatic rings. The highest BCUT2D eigenvalue weighted by Crippen LogP contribution is 2.43. The molecule has 0 bridgehead atoms. The normalized spacial score (nSPS) is 17.1. The minimum Gasteiger partial charge on any atom is -0.496 e. The topological polar surface area (TPSA) is 53.0 Å². The number of hydrogen-bond donors (Lipinski definition) is 1. The summed E-state index contributed by atoms with van der Waals surface area (Å²) in [4.78, 5) is 10.9. The summed E-state index contributed by atoms with van der Waals surface area (Å²) in [6.45, 7) is 2.23. The zero-order chi connectivity index (χ0) is 19.9. The highest BCUT2D eigenvalue weighted by molar-refractivity contribution is 6.31. The second-order valence-electron chi connectivity index (χ2n) is 6.38. The van der Waals surface area contributed by atoms with Gasteiger partial charge in [0.25, 0.3) is 0 Å². The van der Waals surface area contributed by atoms with E-state index in [9.17, 15) is 13.6 Å². The van der Waals surface area contributed by atoms with Crippen molar-refractivity contribution in [2.24, 2.45) is 0 Å². The Bertz CT molecular complexity index is 891. The van der Waals surface area contributed by atoms with Crippen molar-refractivity contribution < 1.29 is 23.4 Å². The van der Waals surface area contributed by atoms with Crippen LogP contribution in [0.3, 0.4) is 0 Å². The molecule has 1 unspecified atom stereocenters. The van der Waals surface area contributed by atoms with E-state index >= 15 is 0 Å². The quantitative estimate of drug-likeness (QED) is 0.809. The van der Waals surface area contributed by atoms with E-state index in [0.29, 0.717) is 28.6 Å². The number of aliphatic carboxylic acids is 1. The summed E-state index contributed by atoms with van der Waals surface area (Å²) in [7, 11) is 3.37. The number of halogens is 3. The Balaban J connectivity index is 2.06. The molecule has 0 spiro atoms. The van der Waals surface area contributed by atoms with Gasteiger partial charge in [0.05, 0.1) is 25.4 Å². The molecule has 27 heavy (non-hydrogen) atoms. The largest absolute Gasteiger partial charge is 0.496 e. The predicted molar refractivity (Wildman–Crippen MR) is 98.3 cm³/mol. The van der Waals surface area contributed by atoms with Gasteiger partial charge in [-0.2, -0.15) is 8.78 Å². The lowest BCUT2D eigenvalue weighted by atomic mass is 10.0. The van der Waals surface area contributed by atoms with Crippen molar-refractivity contribution in [2.75, 3.05) is 19.2 Å². The maximum atomic E-state index is 14.0. The number of carboxylic acid groups (broad SMARTS) is 1. The maximum absolute atomic E-state index is 14.0. The Morgan fingerprint density at radius 1 is 1.33 bits per heavy atom. The number of benzene rings is 2. The second-order valence-corrected chi connectivity index (χ2v) is 6.79. The van der Waals surface area contributed by atoms with E-state index in [-0.39, 0.29) is 6.04 Å². The summed E-state index contributed by atoms with van der Waals surface area (Å²) in [5, 5.41) is 13.0. The fourth-order valence-corrected chi connectivity index (χ4v) is 3.48. The summed E-state index contributed by atoms with van der Waals surface area (Å²) in [5.74, 6) is -5.56. The SMILES string of the molecule is COc1cccc(Cl)c1CN1c2cc(C(F)(F)C(=O)O)ccc2C(C)N1C. The Kier molecular flexibility index (Phi) is 5.01. The van der Waals surface area contributed by atoms with Gasteiger partial charge in [-0.25, -0.2) is 9.80 Å².